The van der Waals surface area contributed by atoms with Gasteiger partial charge in [-0.3, -0.25) is 4.79 Å². The van der Waals surface area contributed by atoms with Gasteiger partial charge in [0, 0.05) is 44.2 Å². The maximum absolute atomic E-state index is 12.6. The van der Waals surface area contributed by atoms with Crippen molar-refractivity contribution in [1.82, 2.24) is 9.80 Å². The minimum Gasteiger partial charge on any atom is -0.454 e. The Morgan fingerprint density at radius 1 is 1.00 bits per heavy atom. The molecule has 8 nitrogen and oxygen atoms in total. The quantitative estimate of drug-likeness (QED) is 0.785. The van der Waals surface area contributed by atoms with Gasteiger partial charge >= 0.3 is 6.03 Å². The smallest absolute Gasteiger partial charge is 0.319 e. The third kappa shape index (κ3) is 3.23. The molecule has 3 aliphatic heterocycles. The largest absolute Gasteiger partial charge is 0.454 e. The van der Waals surface area contributed by atoms with E-state index in [9.17, 15) is 9.59 Å². The molecule has 0 unspecified atom stereocenters. The number of nitrogens with one attached hydrogen (secondary N) is 1. The molecule has 0 aromatic heterocycles. The molecule has 0 atom stereocenters. The van der Waals surface area contributed by atoms with Gasteiger partial charge in [-0.15, -0.1) is 0 Å². The van der Waals surface area contributed by atoms with Crippen molar-refractivity contribution >= 4 is 23.3 Å². The number of nitrogen functional groups attached to an aromatic ring is 1. The molecule has 3 heterocycles. The minimum absolute atomic E-state index is 0.0659. The molecule has 0 saturated carbocycles. The van der Waals surface area contributed by atoms with E-state index in [4.69, 9.17) is 15.2 Å². The first kappa shape index (κ1) is 16.8. The van der Waals surface area contributed by atoms with Crippen LogP contribution in [-0.4, -0.2) is 54.7 Å². The second-order valence-electron chi connectivity index (χ2n) is 7.02. The Labute approximate surface area is 152 Å². The van der Waals surface area contributed by atoms with E-state index in [0.717, 1.165) is 25.9 Å². The Balaban J connectivity index is 1.33. The van der Waals surface area contributed by atoms with Crippen molar-refractivity contribution in [3.8, 4) is 11.5 Å². The summed E-state index contributed by atoms with van der Waals surface area (Å²) in [7, 11) is 0. The van der Waals surface area contributed by atoms with E-state index in [1.807, 2.05) is 9.80 Å². The summed E-state index contributed by atoms with van der Waals surface area (Å²) in [5.41, 5.74) is 6.98. The first-order chi connectivity index (χ1) is 12.6. The number of nitrogens with two attached hydrogens (primary N) is 1. The zero-order chi connectivity index (χ0) is 18.1. The van der Waals surface area contributed by atoms with Gasteiger partial charge in [0.05, 0.1) is 11.4 Å². The van der Waals surface area contributed by atoms with Gasteiger partial charge in [0.25, 0.3) is 0 Å². The van der Waals surface area contributed by atoms with Crippen molar-refractivity contribution in [2.45, 2.75) is 25.7 Å². The number of hydrogen-bond acceptors (Lipinski definition) is 5. The lowest BCUT2D eigenvalue weighted by Gasteiger charge is -2.34. The summed E-state index contributed by atoms with van der Waals surface area (Å²) in [5, 5.41) is 2.90. The van der Waals surface area contributed by atoms with Crippen LogP contribution in [0.25, 0.3) is 0 Å². The Kier molecular flexibility index (Phi) is 4.48. The number of carbonyl (C=O) groups is 2. The van der Waals surface area contributed by atoms with Gasteiger partial charge in [-0.05, 0) is 25.7 Å². The normalized spacial score (nSPS) is 19.7. The molecular formula is C18H24N4O4. The first-order valence-corrected chi connectivity index (χ1v) is 9.15. The fraction of sp³-hybridized carbons (Fsp3) is 0.556. The van der Waals surface area contributed by atoms with Crippen LogP contribution in [-0.2, 0) is 4.79 Å². The number of hydrogen-bond donors (Lipinski definition) is 2. The van der Waals surface area contributed by atoms with E-state index in [2.05, 4.69) is 5.32 Å². The predicted molar refractivity (Wildman–Crippen MR) is 96.1 cm³/mol. The van der Waals surface area contributed by atoms with Crippen LogP contribution in [0.3, 0.4) is 0 Å². The average molecular weight is 360 g/mol. The second kappa shape index (κ2) is 6.93. The zero-order valence-corrected chi connectivity index (χ0v) is 14.7. The molecule has 0 spiro atoms. The van der Waals surface area contributed by atoms with E-state index in [1.165, 1.54) is 0 Å². The molecule has 1 aromatic rings. The summed E-state index contributed by atoms with van der Waals surface area (Å²) < 4.78 is 10.6. The molecule has 2 saturated heterocycles. The third-order valence-corrected chi connectivity index (χ3v) is 5.32. The topological polar surface area (TPSA) is 97.1 Å². The number of nitrogens with zero attached hydrogens (tertiary/aromatic N) is 2. The number of urea groups is 1. The Bertz CT molecular complexity index is 709. The lowest BCUT2D eigenvalue weighted by atomic mass is 9.96. The average Bonchev–Trinajstić information content (AvgIpc) is 3.33. The van der Waals surface area contributed by atoms with Crippen LogP contribution in [0.5, 0.6) is 11.5 Å². The number of fused-ring (bicyclic) bond motifs is 1. The Morgan fingerprint density at radius 2 is 1.62 bits per heavy atom. The van der Waals surface area contributed by atoms with Gasteiger partial charge in [0.2, 0.25) is 12.7 Å². The van der Waals surface area contributed by atoms with Crippen molar-refractivity contribution in [2.24, 2.45) is 5.92 Å². The molecule has 2 fully saturated rings. The molecule has 4 rings (SSSR count). The van der Waals surface area contributed by atoms with Gasteiger partial charge in [-0.1, -0.05) is 0 Å². The maximum Gasteiger partial charge on any atom is 0.319 e. The Hall–Kier alpha value is -2.64. The number of rotatable bonds is 2. The van der Waals surface area contributed by atoms with Crippen LogP contribution in [0.4, 0.5) is 16.2 Å². The first-order valence-electron chi connectivity index (χ1n) is 9.15. The molecular weight excluding hydrogens is 336 g/mol. The predicted octanol–water partition coefficient (Wildman–Crippen LogP) is 1.86. The van der Waals surface area contributed by atoms with Crippen LogP contribution in [0.1, 0.15) is 25.7 Å². The number of carbonyl (C=O) groups excluding carboxylic acids is 2. The van der Waals surface area contributed by atoms with Gasteiger partial charge in [-0.2, -0.15) is 0 Å². The number of likely N-dealkylation sites (tertiary alicyclic amines) is 2. The standard InChI is InChI=1S/C18H24N4O4/c19-13-9-15-16(26-11-25-15)10-14(13)20-17(23)12-3-7-22(8-4-12)18(24)21-5-1-2-6-21/h9-10,12H,1-8,11,19H2,(H,20,23). The summed E-state index contributed by atoms with van der Waals surface area (Å²) in [4.78, 5) is 28.8. The number of amides is 3. The van der Waals surface area contributed by atoms with Crippen LogP contribution in [0.15, 0.2) is 12.1 Å². The lowest BCUT2D eigenvalue weighted by Crippen LogP contribution is -2.47. The molecule has 8 heteroatoms. The third-order valence-electron chi connectivity index (χ3n) is 5.32. The molecule has 0 bridgehead atoms. The van der Waals surface area contributed by atoms with Crippen LogP contribution < -0.4 is 20.5 Å². The molecule has 0 radical (unpaired) electrons. The van der Waals surface area contributed by atoms with E-state index >= 15 is 0 Å². The monoisotopic (exact) mass is 360 g/mol. The number of anilines is 2. The summed E-state index contributed by atoms with van der Waals surface area (Å²) >= 11 is 0. The van der Waals surface area contributed by atoms with E-state index < -0.39 is 0 Å². The van der Waals surface area contributed by atoms with Gasteiger partial charge in [-0.25, -0.2) is 4.79 Å². The molecule has 1 aromatic carbocycles. The maximum atomic E-state index is 12.6. The molecule has 3 aliphatic rings. The van der Waals surface area contributed by atoms with Gasteiger partial charge < -0.3 is 30.3 Å². The van der Waals surface area contributed by atoms with Gasteiger partial charge in [0.1, 0.15) is 0 Å². The molecule has 3 amide bonds. The molecule has 140 valence electrons. The van der Waals surface area contributed by atoms with Crippen LogP contribution in [0, 0.1) is 5.92 Å². The van der Waals surface area contributed by atoms with Crippen molar-refractivity contribution in [3.05, 3.63) is 12.1 Å². The number of benzene rings is 1. The molecule has 26 heavy (non-hydrogen) atoms. The van der Waals surface area contributed by atoms with Crippen LogP contribution >= 0.6 is 0 Å². The zero-order valence-electron chi connectivity index (χ0n) is 14.7. The van der Waals surface area contributed by atoms with Crippen molar-refractivity contribution in [2.75, 3.05) is 44.0 Å². The second-order valence-corrected chi connectivity index (χ2v) is 7.02. The summed E-state index contributed by atoms with van der Waals surface area (Å²) in [6.07, 6.45) is 3.49. The molecule has 0 aliphatic carbocycles. The fourth-order valence-electron chi connectivity index (χ4n) is 3.74. The Morgan fingerprint density at radius 3 is 2.31 bits per heavy atom. The van der Waals surface area contributed by atoms with E-state index in [0.29, 0.717) is 48.8 Å². The number of ether oxygens (including phenoxy) is 2. The summed E-state index contributed by atoms with van der Waals surface area (Å²) in [6, 6.07) is 3.47. The number of piperidine rings is 1. The van der Waals surface area contributed by atoms with E-state index in [-0.39, 0.29) is 24.6 Å². The summed E-state index contributed by atoms with van der Waals surface area (Å²) in [6.45, 7) is 3.09. The molecule has 3 N–H and O–H groups in total. The highest BCUT2D eigenvalue weighted by Crippen LogP contribution is 2.38. The lowest BCUT2D eigenvalue weighted by molar-refractivity contribution is -0.121. The highest BCUT2D eigenvalue weighted by molar-refractivity contribution is 5.96. The van der Waals surface area contributed by atoms with Crippen molar-refractivity contribution in [3.63, 3.8) is 0 Å². The van der Waals surface area contributed by atoms with Crippen LogP contribution in [0.2, 0.25) is 0 Å². The van der Waals surface area contributed by atoms with Crippen molar-refractivity contribution < 1.29 is 19.1 Å². The fourth-order valence-corrected chi connectivity index (χ4v) is 3.74. The highest BCUT2D eigenvalue weighted by atomic mass is 16.7. The van der Waals surface area contributed by atoms with E-state index in [1.54, 1.807) is 12.1 Å². The minimum atomic E-state index is -0.123. The highest BCUT2D eigenvalue weighted by Gasteiger charge is 2.31. The van der Waals surface area contributed by atoms with Gasteiger partial charge in [0.15, 0.2) is 11.5 Å². The SMILES string of the molecule is Nc1cc2c(cc1NC(=O)C1CCN(C(=O)N3CCCC3)CC1)OCO2. The summed E-state index contributed by atoms with van der Waals surface area (Å²) in [5.74, 6) is 0.987. The van der Waals surface area contributed by atoms with Crippen molar-refractivity contribution in [1.29, 1.82) is 0 Å².